The van der Waals surface area contributed by atoms with Gasteiger partial charge in [0.2, 0.25) is 0 Å². The molecule has 1 heterocycles. The molecule has 1 aromatic heterocycles. The first-order chi connectivity index (χ1) is 12.7. The number of ether oxygens (including phenoxy) is 2. The van der Waals surface area contributed by atoms with Crippen molar-refractivity contribution in [3.63, 3.8) is 0 Å². The highest BCUT2D eigenvalue weighted by Crippen LogP contribution is 2.37. The number of halogens is 1. The van der Waals surface area contributed by atoms with E-state index in [1.165, 1.54) is 10.4 Å². The smallest absolute Gasteiger partial charge is 0.167 e. The molecule has 26 heavy (non-hydrogen) atoms. The lowest BCUT2D eigenvalue weighted by Crippen LogP contribution is -2.14. The van der Waals surface area contributed by atoms with Crippen LogP contribution < -0.4 is 14.8 Å². The van der Waals surface area contributed by atoms with E-state index >= 15 is 0 Å². The largest absolute Gasteiger partial charge is 0.493 e. The molecule has 3 aromatic rings. The van der Waals surface area contributed by atoms with Crippen LogP contribution in [0.25, 0.3) is 0 Å². The third kappa shape index (κ3) is 4.87. The third-order valence-electron chi connectivity index (χ3n) is 4.03. The summed E-state index contributed by atoms with van der Waals surface area (Å²) >= 11 is 5.41. The van der Waals surface area contributed by atoms with E-state index in [0.29, 0.717) is 13.2 Å². The maximum Gasteiger partial charge on any atom is 0.167 e. The molecule has 0 unspecified atom stereocenters. The first-order valence-corrected chi connectivity index (χ1v) is 10.1. The Morgan fingerprint density at radius 2 is 1.96 bits per heavy atom. The lowest BCUT2D eigenvalue weighted by molar-refractivity contribution is 0.280. The minimum atomic E-state index is 0.506. The highest BCUT2D eigenvalue weighted by atomic mass is 79.9. The van der Waals surface area contributed by atoms with E-state index in [0.717, 1.165) is 33.6 Å². The standard InChI is InChI=1S/C21H22BrNO2S/c1-15-5-3-6-16(11-15)14-25-21-18(19(22)8-9-20(21)24-2)13-23-12-17-7-4-10-26-17/h3-11,23H,12-14H2,1-2H3. The molecular weight excluding hydrogens is 410 g/mol. The molecule has 0 aliphatic carbocycles. The Kier molecular flexibility index (Phi) is 6.72. The minimum absolute atomic E-state index is 0.506. The predicted molar refractivity (Wildman–Crippen MR) is 111 cm³/mol. The van der Waals surface area contributed by atoms with Crippen LogP contribution in [0.15, 0.2) is 58.4 Å². The average molecular weight is 432 g/mol. The summed E-state index contributed by atoms with van der Waals surface area (Å²) in [5.74, 6) is 1.52. The number of thiophene rings is 1. The molecule has 3 rings (SSSR count). The number of aryl methyl sites for hydroxylation is 1. The van der Waals surface area contributed by atoms with Gasteiger partial charge in [-0.15, -0.1) is 11.3 Å². The Labute approximate surface area is 167 Å². The SMILES string of the molecule is COc1ccc(Br)c(CNCc2cccs2)c1OCc1cccc(C)c1. The first kappa shape index (κ1) is 19.0. The van der Waals surface area contributed by atoms with Gasteiger partial charge in [-0.2, -0.15) is 0 Å². The Hall–Kier alpha value is -1.82. The zero-order chi connectivity index (χ0) is 18.4. The van der Waals surface area contributed by atoms with Crippen molar-refractivity contribution in [1.29, 1.82) is 0 Å². The lowest BCUT2D eigenvalue weighted by Gasteiger charge is -2.17. The van der Waals surface area contributed by atoms with E-state index in [4.69, 9.17) is 9.47 Å². The van der Waals surface area contributed by atoms with Crippen LogP contribution in [0.5, 0.6) is 11.5 Å². The Balaban J connectivity index is 1.76. The fourth-order valence-electron chi connectivity index (χ4n) is 2.75. The number of rotatable bonds is 8. The van der Waals surface area contributed by atoms with Gasteiger partial charge in [0.25, 0.3) is 0 Å². The molecule has 0 fully saturated rings. The topological polar surface area (TPSA) is 30.5 Å². The second-order valence-electron chi connectivity index (χ2n) is 6.02. The maximum absolute atomic E-state index is 6.18. The summed E-state index contributed by atoms with van der Waals surface area (Å²) in [6.45, 7) is 4.12. The molecule has 0 spiro atoms. The summed E-state index contributed by atoms with van der Waals surface area (Å²) in [7, 11) is 1.67. The van der Waals surface area contributed by atoms with E-state index < -0.39 is 0 Å². The zero-order valence-corrected chi connectivity index (χ0v) is 17.3. The van der Waals surface area contributed by atoms with Gasteiger partial charge < -0.3 is 14.8 Å². The summed E-state index contributed by atoms with van der Waals surface area (Å²) in [6, 6.07) is 16.5. The second kappa shape index (κ2) is 9.21. The van der Waals surface area contributed by atoms with Gasteiger partial charge in [0, 0.05) is 28.0 Å². The normalized spacial score (nSPS) is 10.7. The number of hydrogen-bond donors (Lipinski definition) is 1. The van der Waals surface area contributed by atoms with Crippen molar-refractivity contribution < 1.29 is 9.47 Å². The van der Waals surface area contributed by atoms with Gasteiger partial charge in [-0.05, 0) is 36.1 Å². The lowest BCUT2D eigenvalue weighted by atomic mass is 10.1. The van der Waals surface area contributed by atoms with Crippen LogP contribution in [-0.2, 0) is 19.7 Å². The molecule has 2 aromatic carbocycles. The minimum Gasteiger partial charge on any atom is -0.493 e. The van der Waals surface area contributed by atoms with E-state index in [9.17, 15) is 0 Å². The van der Waals surface area contributed by atoms with Gasteiger partial charge in [-0.25, -0.2) is 0 Å². The van der Waals surface area contributed by atoms with Crippen molar-refractivity contribution in [3.8, 4) is 11.5 Å². The molecule has 3 nitrogen and oxygen atoms in total. The molecule has 136 valence electrons. The average Bonchev–Trinajstić information content (AvgIpc) is 3.15. The van der Waals surface area contributed by atoms with Crippen molar-refractivity contribution in [2.24, 2.45) is 0 Å². The van der Waals surface area contributed by atoms with Gasteiger partial charge in [0.15, 0.2) is 11.5 Å². The van der Waals surface area contributed by atoms with Crippen LogP contribution in [0.1, 0.15) is 21.6 Å². The van der Waals surface area contributed by atoms with Crippen LogP contribution >= 0.6 is 27.3 Å². The van der Waals surface area contributed by atoms with Crippen molar-refractivity contribution in [2.45, 2.75) is 26.6 Å². The van der Waals surface area contributed by atoms with Crippen molar-refractivity contribution in [1.82, 2.24) is 5.32 Å². The highest BCUT2D eigenvalue weighted by molar-refractivity contribution is 9.10. The molecular formula is C21H22BrNO2S. The van der Waals surface area contributed by atoms with Crippen LogP contribution in [-0.4, -0.2) is 7.11 Å². The monoisotopic (exact) mass is 431 g/mol. The van der Waals surface area contributed by atoms with Gasteiger partial charge in [0.05, 0.1) is 7.11 Å². The fourth-order valence-corrected chi connectivity index (χ4v) is 3.87. The second-order valence-corrected chi connectivity index (χ2v) is 7.90. The predicted octanol–water partition coefficient (Wildman–Crippen LogP) is 5.70. The first-order valence-electron chi connectivity index (χ1n) is 8.44. The Morgan fingerprint density at radius 3 is 2.69 bits per heavy atom. The van der Waals surface area contributed by atoms with Gasteiger partial charge in [0.1, 0.15) is 6.61 Å². The number of benzene rings is 2. The Morgan fingerprint density at radius 1 is 1.08 bits per heavy atom. The van der Waals surface area contributed by atoms with Crippen molar-refractivity contribution in [3.05, 3.63) is 80.0 Å². The maximum atomic E-state index is 6.18. The number of hydrogen-bond acceptors (Lipinski definition) is 4. The summed E-state index contributed by atoms with van der Waals surface area (Å²) in [4.78, 5) is 1.31. The third-order valence-corrected chi connectivity index (χ3v) is 5.65. The van der Waals surface area contributed by atoms with Crippen molar-refractivity contribution >= 4 is 27.3 Å². The summed E-state index contributed by atoms with van der Waals surface area (Å²) in [5.41, 5.74) is 3.43. The van der Waals surface area contributed by atoms with Crippen molar-refractivity contribution in [2.75, 3.05) is 7.11 Å². The number of methoxy groups -OCH3 is 1. The molecule has 0 amide bonds. The molecule has 0 saturated heterocycles. The molecule has 0 saturated carbocycles. The Bertz CT molecular complexity index is 849. The van der Waals surface area contributed by atoms with Crippen LogP contribution in [0.3, 0.4) is 0 Å². The quantitative estimate of drug-likeness (QED) is 0.496. The van der Waals surface area contributed by atoms with Gasteiger partial charge >= 0.3 is 0 Å². The summed E-state index contributed by atoms with van der Waals surface area (Å²) in [5, 5.41) is 5.58. The van der Waals surface area contributed by atoms with Crippen LogP contribution in [0.4, 0.5) is 0 Å². The number of nitrogens with one attached hydrogen (secondary N) is 1. The van der Waals surface area contributed by atoms with Gasteiger partial charge in [-0.1, -0.05) is 51.8 Å². The molecule has 0 aliphatic heterocycles. The summed E-state index contributed by atoms with van der Waals surface area (Å²) in [6.07, 6.45) is 0. The molecule has 0 radical (unpaired) electrons. The highest BCUT2D eigenvalue weighted by Gasteiger charge is 2.15. The molecule has 0 atom stereocenters. The summed E-state index contributed by atoms with van der Waals surface area (Å²) < 4.78 is 12.7. The van der Waals surface area contributed by atoms with Crippen LogP contribution in [0, 0.1) is 6.92 Å². The van der Waals surface area contributed by atoms with Gasteiger partial charge in [-0.3, -0.25) is 0 Å². The zero-order valence-electron chi connectivity index (χ0n) is 14.9. The van der Waals surface area contributed by atoms with E-state index in [-0.39, 0.29) is 0 Å². The van der Waals surface area contributed by atoms with Crippen LogP contribution in [0.2, 0.25) is 0 Å². The molecule has 5 heteroatoms. The van der Waals surface area contributed by atoms with E-state index in [1.54, 1.807) is 18.4 Å². The molecule has 0 bridgehead atoms. The van der Waals surface area contributed by atoms with E-state index in [2.05, 4.69) is 69.9 Å². The fraction of sp³-hybridized carbons (Fsp3) is 0.238. The van der Waals surface area contributed by atoms with E-state index in [1.807, 2.05) is 12.1 Å². The molecule has 1 N–H and O–H groups in total. The molecule has 0 aliphatic rings.